The van der Waals surface area contributed by atoms with E-state index in [0.29, 0.717) is 12.0 Å². The molecule has 0 spiro atoms. The maximum absolute atomic E-state index is 5.56. The van der Waals surface area contributed by atoms with Crippen LogP contribution >= 0.6 is 0 Å². The van der Waals surface area contributed by atoms with Gasteiger partial charge in [0.15, 0.2) is 0 Å². The summed E-state index contributed by atoms with van der Waals surface area (Å²) in [5.74, 6) is 0.620. The number of ether oxygens (including phenoxy) is 1. The van der Waals surface area contributed by atoms with Gasteiger partial charge in [-0.1, -0.05) is 43.2 Å². The molecule has 1 fully saturated rings. The highest BCUT2D eigenvalue weighted by atomic mass is 16.5. The molecule has 2 atom stereocenters. The predicted molar refractivity (Wildman–Crippen MR) is 58.4 cm³/mol. The van der Waals surface area contributed by atoms with E-state index < -0.39 is 0 Å². The minimum absolute atomic E-state index is 0.436. The third-order valence-corrected chi connectivity index (χ3v) is 3.23. The standard InChI is InChI=1S/C13H18O/c1-14-13-10-6-5-9-12(13)11-7-3-2-4-8-11/h2-4,7-8,12-13H,5-6,9-10H2,1H3/t12-,13+/m0/s1. The van der Waals surface area contributed by atoms with Gasteiger partial charge < -0.3 is 4.74 Å². The fourth-order valence-electron chi connectivity index (χ4n) is 2.46. The lowest BCUT2D eigenvalue weighted by atomic mass is 9.82. The summed E-state index contributed by atoms with van der Waals surface area (Å²) >= 11 is 0. The van der Waals surface area contributed by atoms with Gasteiger partial charge in [-0.3, -0.25) is 0 Å². The van der Waals surface area contributed by atoms with Crippen molar-refractivity contribution in [2.24, 2.45) is 0 Å². The van der Waals surface area contributed by atoms with Gasteiger partial charge in [-0.15, -0.1) is 0 Å². The first-order valence-corrected chi connectivity index (χ1v) is 5.49. The van der Waals surface area contributed by atoms with Crippen LogP contribution < -0.4 is 0 Å². The van der Waals surface area contributed by atoms with Crippen LogP contribution in [-0.4, -0.2) is 13.2 Å². The average molecular weight is 190 g/mol. The first kappa shape index (κ1) is 9.72. The van der Waals surface area contributed by atoms with Gasteiger partial charge in [-0.25, -0.2) is 0 Å². The molecule has 1 heteroatoms. The Bertz CT molecular complexity index is 268. The lowest BCUT2D eigenvalue weighted by molar-refractivity contribution is 0.0523. The molecule has 0 amide bonds. The van der Waals surface area contributed by atoms with Crippen molar-refractivity contribution in [2.75, 3.05) is 7.11 Å². The quantitative estimate of drug-likeness (QED) is 0.695. The molecule has 1 aliphatic carbocycles. The van der Waals surface area contributed by atoms with E-state index in [0.717, 1.165) is 0 Å². The second kappa shape index (κ2) is 4.61. The Kier molecular flexibility index (Phi) is 3.20. The van der Waals surface area contributed by atoms with Gasteiger partial charge in [0.25, 0.3) is 0 Å². The van der Waals surface area contributed by atoms with Gasteiger partial charge >= 0.3 is 0 Å². The molecule has 14 heavy (non-hydrogen) atoms. The van der Waals surface area contributed by atoms with Gasteiger partial charge in [0.05, 0.1) is 6.10 Å². The van der Waals surface area contributed by atoms with E-state index in [9.17, 15) is 0 Å². The van der Waals surface area contributed by atoms with Crippen molar-refractivity contribution in [1.82, 2.24) is 0 Å². The number of hydrogen-bond donors (Lipinski definition) is 0. The number of methoxy groups -OCH3 is 1. The van der Waals surface area contributed by atoms with Gasteiger partial charge in [0.1, 0.15) is 0 Å². The average Bonchev–Trinajstić information content (AvgIpc) is 2.30. The molecule has 1 saturated carbocycles. The smallest absolute Gasteiger partial charge is 0.0639 e. The third-order valence-electron chi connectivity index (χ3n) is 3.23. The van der Waals surface area contributed by atoms with Crippen molar-refractivity contribution in [3.8, 4) is 0 Å². The van der Waals surface area contributed by atoms with Crippen LogP contribution in [0.2, 0.25) is 0 Å². The zero-order chi connectivity index (χ0) is 9.80. The van der Waals surface area contributed by atoms with Crippen LogP contribution in [0.5, 0.6) is 0 Å². The second-order valence-electron chi connectivity index (χ2n) is 4.08. The summed E-state index contributed by atoms with van der Waals surface area (Å²) in [6, 6.07) is 10.8. The van der Waals surface area contributed by atoms with Crippen LogP contribution in [0.25, 0.3) is 0 Å². The highest BCUT2D eigenvalue weighted by molar-refractivity contribution is 5.21. The summed E-state index contributed by atoms with van der Waals surface area (Å²) in [6.45, 7) is 0. The van der Waals surface area contributed by atoms with E-state index in [1.54, 1.807) is 0 Å². The lowest BCUT2D eigenvalue weighted by Gasteiger charge is -2.30. The lowest BCUT2D eigenvalue weighted by Crippen LogP contribution is -2.24. The van der Waals surface area contributed by atoms with E-state index >= 15 is 0 Å². The van der Waals surface area contributed by atoms with Crippen molar-refractivity contribution >= 4 is 0 Å². The molecule has 0 bridgehead atoms. The molecule has 1 nitrogen and oxygen atoms in total. The van der Waals surface area contributed by atoms with Crippen molar-refractivity contribution in [1.29, 1.82) is 0 Å². The monoisotopic (exact) mass is 190 g/mol. The number of rotatable bonds is 2. The molecule has 1 aromatic carbocycles. The maximum atomic E-state index is 5.56. The van der Waals surface area contributed by atoms with Crippen LogP contribution in [-0.2, 0) is 4.74 Å². The van der Waals surface area contributed by atoms with E-state index in [1.165, 1.54) is 31.2 Å². The molecule has 0 radical (unpaired) electrons. The fourth-order valence-corrected chi connectivity index (χ4v) is 2.46. The van der Waals surface area contributed by atoms with E-state index in [4.69, 9.17) is 4.74 Å². The second-order valence-corrected chi connectivity index (χ2v) is 4.08. The van der Waals surface area contributed by atoms with Gasteiger partial charge in [-0.2, -0.15) is 0 Å². The minimum atomic E-state index is 0.436. The Labute approximate surface area is 86.1 Å². The molecular formula is C13H18O. The summed E-state index contributed by atoms with van der Waals surface area (Å²) in [4.78, 5) is 0. The van der Waals surface area contributed by atoms with Gasteiger partial charge in [0.2, 0.25) is 0 Å². The minimum Gasteiger partial charge on any atom is -0.381 e. The van der Waals surface area contributed by atoms with Crippen LogP contribution in [0.15, 0.2) is 30.3 Å². The van der Waals surface area contributed by atoms with Crippen molar-refractivity contribution < 1.29 is 4.74 Å². The Balaban J connectivity index is 2.15. The maximum Gasteiger partial charge on any atom is 0.0639 e. The van der Waals surface area contributed by atoms with Crippen LogP contribution in [0.1, 0.15) is 37.2 Å². The first-order valence-electron chi connectivity index (χ1n) is 5.49. The van der Waals surface area contributed by atoms with Crippen molar-refractivity contribution in [2.45, 2.75) is 37.7 Å². The van der Waals surface area contributed by atoms with Gasteiger partial charge in [0, 0.05) is 13.0 Å². The van der Waals surface area contributed by atoms with Crippen molar-refractivity contribution in [3.63, 3.8) is 0 Å². The molecule has 0 heterocycles. The van der Waals surface area contributed by atoms with Crippen molar-refractivity contribution in [3.05, 3.63) is 35.9 Å². The summed E-state index contributed by atoms with van der Waals surface area (Å²) < 4.78 is 5.56. The molecule has 1 aliphatic rings. The topological polar surface area (TPSA) is 9.23 Å². The van der Waals surface area contributed by atoms with E-state index in [-0.39, 0.29) is 0 Å². The molecular weight excluding hydrogens is 172 g/mol. The molecule has 2 rings (SSSR count). The summed E-state index contributed by atoms with van der Waals surface area (Å²) in [5, 5.41) is 0. The number of hydrogen-bond acceptors (Lipinski definition) is 1. The molecule has 0 saturated heterocycles. The predicted octanol–water partition coefficient (Wildman–Crippen LogP) is 3.36. The molecule has 0 unspecified atom stereocenters. The largest absolute Gasteiger partial charge is 0.381 e. The molecule has 0 aromatic heterocycles. The van der Waals surface area contributed by atoms with Gasteiger partial charge in [-0.05, 0) is 18.4 Å². The zero-order valence-electron chi connectivity index (χ0n) is 8.78. The SMILES string of the molecule is CO[C@@H]1CCCC[C@H]1c1ccccc1. The zero-order valence-corrected chi connectivity index (χ0v) is 8.78. The van der Waals surface area contributed by atoms with Crippen LogP contribution in [0.3, 0.4) is 0 Å². The fraction of sp³-hybridized carbons (Fsp3) is 0.538. The Hall–Kier alpha value is -0.820. The van der Waals surface area contributed by atoms with E-state index in [2.05, 4.69) is 30.3 Å². The number of benzene rings is 1. The molecule has 76 valence electrons. The molecule has 1 aromatic rings. The Morgan fingerprint density at radius 3 is 2.50 bits per heavy atom. The normalized spacial score (nSPS) is 27.5. The summed E-state index contributed by atoms with van der Waals surface area (Å²) in [7, 11) is 1.84. The molecule has 0 N–H and O–H groups in total. The van der Waals surface area contributed by atoms with Crippen LogP contribution in [0, 0.1) is 0 Å². The third kappa shape index (κ3) is 1.98. The van der Waals surface area contributed by atoms with E-state index in [1.807, 2.05) is 7.11 Å². The summed E-state index contributed by atoms with van der Waals surface area (Å²) in [6.07, 6.45) is 5.60. The molecule has 0 aliphatic heterocycles. The first-order chi connectivity index (χ1) is 6.92. The highest BCUT2D eigenvalue weighted by Crippen LogP contribution is 2.34. The summed E-state index contributed by atoms with van der Waals surface area (Å²) in [5.41, 5.74) is 1.44. The Morgan fingerprint density at radius 2 is 1.79 bits per heavy atom. The highest BCUT2D eigenvalue weighted by Gasteiger charge is 2.25. The van der Waals surface area contributed by atoms with Crippen LogP contribution in [0.4, 0.5) is 0 Å². The Morgan fingerprint density at radius 1 is 1.07 bits per heavy atom.